The van der Waals surface area contributed by atoms with E-state index in [1.54, 1.807) is 12.3 Å². The van der Waals surface area contributed by atoms with Gasteiger partial charge in [0.05, 0.1) is 18.0 Å². The lowest BCUT2D eigenvalue weighted by atomic mass is 10.0. The number of fused-ring (bicyclic) bond motifs is 4. The number of halogens is 1. The van der Waals surface area contributed by atoms with Gasteiger partial charge in [0.15, 0.2) is 5.82 Å². The summed E-state index contributed by atoms with van der Waals surface area (Å²) in [6.07, 6.45) is 9.78. The summed E-state index contributed by atoms with van der Waals surface area (Å²) in [6.45, 7) is 1.51. The Morgan fingerprint density at radius 1 is 1.09 bits per heavy atom. The number of methoxy groups -OCH3 is 1. The van der Waals surface area contributed by atoms with Crippen molar-refractivity contribution in [3.8, 4) is 29.6 Å². The third-order valence-electron chi connectivity index (χ3n) is 6.47. The molecule has 5 heterocycles. The molecule has 0 amide bonds. The molecule has 2 bridgehead atoms. The van der Waals surface area contributed by atoms with Crippen molar-refractivity contribution in [1.29, 1.82) is 0 Å². The highest BCUT2D eigenvalue weighted by molar-refractivity contribution is 5.99. The predicted octanol–water partition coefficient (Wildman–Crippen LogP) is 3.31. The number of para-hydroxylation sites is 1. The van der Waals surface area contributed by atoms with E-state index >= 15 is 4.39 Å². The van der Waals surface area contributed by atoms with E-state index in [0.717, 1.165) is 31.3 Å². The van der Waals surface area contributed by atoms with Crippen LogP contribution in [0.15, 0.2) is 36.5 Å². The molecule has 1 aromatic carbocycles. The number of nitrogens with one attached hydrogen (secondary N) is 1. The quantitative estimate of drug-likeness (QED) is 0.490. The lowest BCUT2D eigenvalue weighted by molar-refractivity contribution is 0.380. The van der Waals surface area contributed by atoms with Gasteiger partial charge in [-0.3, -0.25) is 4.98 Å². The lowest BCUT2D eigenvalue weighted by Crippen LogP contribution is -2.51. The van der Waals surface area contributed by atoms with E-state index in [-0.39, 0.29) is 17.2 Å². The van der Waals surface area contributed by atoms with Crippen molar-refractivity contribution < 1.29 is 9.13 Å². The lowest BCUT2D eigenvalue weighted by Gasteiger charge is -2.34. The summed E-state index contributed by atoms with van der Waals surface area (Å²) < 4.78 is 21.4. The zero-order chi connectivity index (χ0) is 22.5. The fourth-order valence-corrected chi connectivity index (χ4v) is 5.00. The van der Waals surface area contributed by atoms with E-state index < -0.39 is 5.82 Å². The Morgan fingerprint density at radius 3 is 2.64 bits per heavy atom. The molecule has 33 heavy (non-hydrogen) atoms. The van der Waals surface area contributed by atoms with Crippen LogP contribution >= 0.6 is 0 Å². The Balaban J connectivity index is 1.62. The highest BCUT2D eigenvalue weighted by Crippen LogP contribution is 2.37. The number of anilines is 1. The first-order valence-corrected chi connectivity index (χ1v) is 10.9. The molecule has 2 unspecified atom stereocenters. The molecule has 1 N–H and O–H groups in total. The highest BCUT2D eigenvalue weighted by atomic mass is 19.1. The first-order valence-electron chi connectivity index (χ1n) is 10.9. The minimum absolute atomic E-state index is 0.0958. The number of pyridine rings is 2. The summed E-state index contributed by atoms with van der Waals surface area (Å²) in [5, 5.41) is 4.92. The predicted molar refractivity (Wildman–Crippen MR) is 125 cm³/mol. The van der Waals surface area contributed by atoms with Crippen LogP contribution in [0.1, 0.15) is 18.5 Å². The topological polar surface area (TPSA) is 76.1 Å². The van der Waals surface area contributed by atoms with Crippen molar-refractivity contribution in [1.82, 2.24) is 25.3 Å². The number of benzene rings is 1. The summed E-state index contributed by atoms with van der Waals surface area (Å²) in [7, 11) is 1.48. The standard InChI is InChI=1S/C25H21FN6O/c1-3-18-19-23(20(26)22(29-18)17-8-4-6-14-7-5-11-27-21(14)17)30-25(33-2)31-24(19)32-12-15-9-10-16(13-32)28-15/h1,4-8,11,15-16,28H,9-10,12-13H2,2H3. The molecule has 0 aliphatic carbocycles. The van der Waals surface area contributed by atoms with Gasteiger partial charge in [-0.2, -0.15) is 9.97 Å². The second-order valence-electron chi connectivity index (χ2n) is 8.45. The van der Waals surface area contributed by atoms with Gasteiger partial charge in [-0.15, -0.1) is 6.42 Å². The van der Waals surface area contributed by atoms with Crippen LogP contribution in [-0.4, -0.2) is 52.2 Å². The molecule has 164 valence electrons. The van der Waals surface area contributed by atoms with Crippen LogP contribution < -0.4 is 15.0 Å². The Kier molecular flexibility index (Phi) is 4.59. The van der Waals surface area contributed by atoms with Gasteiger partial charge >= 0.3 is 6.01 Å². The van der Waals surface area contributed by atoms with Crippen LogP contribution in [0.25, 0.3) is 33.1 Å². The van der Waals surface area contributed by atoms with Crippen molar-refractivity contribution >= 4 is 27.6 Å². The molecule has 0 radical (unpaired) electrons. The number of hydrogen-bond acceptors (Lipinski definition) is 7. The maximum Gasteiger partial charge on any atom is 0.318 e. The smallest absolute Gasteiger partial charge is 0.318 e. The van der Waals surface area contributed by atoms with Gasteiger partial charge in [0, 0.05) is 42.3 Å². The normalized spacial score (nSPS) is 19.7. The Hall–Kier alpha value is -3.83. The van der Waals surface area contributed by atoms with Crippen LogP contribution in [0.3, 0.4) is 0 Å². The summed E-state index contributed by atoms with van der Waals surface area (Å²) in [6, 6.07) is 10.2. The van der Waals surface area contributed by atoms with Gasteiger partial charge in [-0.05, 0) is 24.8 Å². The number of piperazine rings is 1. The number of hydrogen-bond donors (Lipinski definition) is 1. The van der Waals surface area contributed by atoms with Gasteiger partial charge < -0.3 is 15.0 Å². The Morgan fingerprint density at radius 2 is 1.88 bits per heavy atom. The van der Waals surface area contributed by atoms with E-state index in [2.05, 4.69) is 36.1 Å². The van der Waals surface area contributed by atoms with Crippen molar-refractivity contribution in [3.63, 3.8) is 0 Å². The van der Waals surface area contributed by atoms with Crippen LogP contribution in [0.5, 0.6) is 6.01 Å². The van der Waals surface area contributed by atoms with Crippen molar-refractivity contribution in [2.24, 2.45) is 0 Å². The van der Waals surface area contributed by atoms with Crippen LogP contribution in [0.2, 0.25) is 0 Å². The number of ether oxygens (including phenoxy) is 1. The van der Waals surface area contributed by atoms with E-state index in [1.807, 2.05) is 24.3 Å². The maximum atomic E-state index is 16.1. The summed E-state index contributed by atoms with van der Waals surface area (Å²) in [4.78, 5) is 20.1. The fraction of sp³-hybridized carbons (Fsp3) is 0.280. The second-order valence-corrected chi connectivity index (χ2v) is 8.45. The molecular weight excluding hydrogens is 419 g/mol. The van der Waals surface area contributed by atoms with Gasteiger partial charge in [0.2, 0.25) is 0 Å². The molecule has 0 spiro atoms. The van der Waals surface area contributed by atoms with Gasteiger partial charge in [-0.25, -0.2) is 9.37 Å². The Bertz CT molecular complexity index is 1430. The fourth-order valence-electron chi connectivity index (χ4n) is 5.00. The van der Waals surface area contributed by atoms with Gasteiger partial charge in [0.1, 0.15) is 22.7 Å². The van der Waals surface area contributed by atoms with E-state index in [4.69, 9.17) is 11.2 Å². The number of nitrogens with zero attached hydrogens (tertiary/aromatic N) is 5. The number of aromatic nitrogens is 4. The third kappa shape index (κ3) is 3.16. The third-order valence-corrected chi connectivity index (χ3v) is 6.47. The molecule has 3 aromatic heterocycles. The average Bonchev–Trinajstić information content (AvgIpc) is 3.20. The Labute approximate surface area is 190 Å². The van der Waals surface area contributed by atoms with Crippen LogP contribution in [0.4, 0.5) is 10.2 Å². The minimum atomic E-state index is -0.567. The van der Waals surface area contributed by atoms with E-state index in [0.29, 0.717) is 40.1 Å². The molecule has 7 nitrogen and oxygen atoms in total. The van der Waals surface area contributed by atoms with Crippen LogP contribution in [-0.2, 0) is 0 Å². The molecule has 2 aliphatic rings. The SMILES string of the molecule is C#Cc1nc(-c2cccc3cccnc23)c(F)c2nc(OC)nc(N3CC4CCC(C3)N4)c12. The summed E-state index contributed by atoms with van der Waals surface area (Å²) in [5.74, 6) is 2.65. The minimum Gasteiger partial charge on any atom is -0.467 e. The highest BCUT2D eigenvalue weighted by Gasteiger charge is 2.34. The average molecular weight is 440 g/mol. The zero-order valence-electron chi connectivity index (χ0n) is 18.0. The second kappa shape index (κ2) is 7.64. The largest absolute Gasteiger partial charge is 0.467 e. The first-order chi connectivity index (χ1) is 16.2. The van der Waals surface area contributed by atoms with Crippen molar-refractivity contribution in [2.45, 2.75) is 24.9 Å². The van der Waals surface area contributed by atoms with Crippen molar-refractivity contribution in [2.75, 3.05) is 25.1 Å². The zero-order valence-corrected chi connectivity index (χ0v) is 18.0. The molecule has 2 fully saturated rings. The molecule has 4 aromatic rings. The number of rotatable bonds is 3. The molecule has 8 heteroatoms. The molecular formula is C25H21FN6O. The molecule has 6 rings (SSSR count). The van der Waals surface area contributed by atoms with E-state index in [1.165, 1.54) is 7.11 Å². The summed E-state index contributed by atoms with van der Waals surface area (Å²) >= 11 is 0. The van der Waals surface area contributed by atoms with Crippen molar-refractivity contribution in [3.05, 3.63) is 48.0 Å². The molecule has 2 saturated heterocycles. The van der Waals surface area contributed by atoms with Gasteiger partial charge in [0.25, 0.3) is 0 Å². The van der Waals surface area contributed by atoms with Gasteiger partial charge in [-0.1, -0.05) is 24.3 Å². The number of terminal acetylenes is 1. The van der Waals surface area contributed by atoms with E-state index in [9.17, 15) is 0 Å². The summed E-state index contributed by atoms with van der Waals surface area (Å²) in [5.41, 5.74) is 1.73. The van der Waals surface area contributed by atoms with Crippen LogP contribution in [0, 0.1) is 18.2 Å². The molecule has 0 saturated carbocycles. The molecule has 2 aliphatic heterocycles. The monoisotopic (exact) mass is 440 g/mol. The first kappa shape index (κ1) is 19.8. The molecule has 2 atom stereocenters. The maximum absolute atomic E-state index is 16.1.